The normalized spacial score (nSPS) is 13.8. The number of esters is 2. The lowest BCUT2D eigenvalue weighted by Gasteiger charge is -2.20. The third-order valence-corrected chi connectivity index (χ3v) is 1.86. The van der Waals surface area contributed by atoms with Gasteiger partial charge in [-0.3, -0.25) is 9.59 Å². The molecule has 0 aliphatic rings. The largest absolute Gasteiger partial charge is 0.458 e. The van der Waals surface area contributed by atoms with Crippen LogP contribution in [0.3, 0.4) is 0 Å². The van der Waals surface area contributed by atoms with Crippen molar-refractivity contribution in [3.63, 3.8) is 0 Å². The van der Waals surface area contributed by atoms with Crippen LogP contribution >= 0.6 is 0 Å². The van der Waals surface area contributed by atoms with E-state index in [1.54, 1.807) is 20.8 Å². The van der Waals surface area contributed by atoms with E-state index in [4.69, 9.17) is 9.47 Å². The Morgan fingerprint density at radius 2 is 1.67 bits per heavy atom. The quantitative estimate of drug-likeness (QED) is 0.500. The van der Waals surface area contributed by atoms with Gasteiger partial charge in [0.2, 0.25) is 0 Å². The van der Waals surface area contributed by atoms with E-state index in [1.807, 2.05) is 0 Å². The zero-order valence-corrected chi connectivity index (χ0v) is 9.49. The Bertz CT molecular complexity index is 235. The monoisotopic (exact) mass is 214 g/mol. The van der Waals surface area contributed by atoms with Gasteiger partial charge in [0.1, 0.15) is 6.10 Å². The van der Waals surface area contributed by atoms with Gasteiger partial charge in [-0.1, -0.05) is 20.4 Å². The van der Waals surface area contributed by atoms with Gasteiger partial charge < -0.3 is 9.47 Å². The lowest BCUT2D eigenvalue weighted by atomic mass is 10.2. The smallest absolute Gasteiger partial charge is 0.306 e. The second kappa shape index (κ2) is 7.04. The van der Waals surface area contributed by atoms with E-state index in [9.17, 15) is 9.59 Å². The van der Waals surface area contributed by atoms with Crippen molar-refractivity contribution in [1.82, 2.24) is 0 Å². The second-order valence-electron chi connectivity index (χ2n) is 3.09. The van der Waals surface area contributed by atoms with E-state index in [2.05, 4.69) is 6.58 Å². The van der Waals surface area contributed by atoms with Crippen molar-refractivity contribution in [2.45, 2.75) is 45.8 Å². The lowest BCUT2D eigenvalue weighted by molar-refractivity contribution is -0.162. The van der Waals surface area contributed by atoms with Crippen LogP contribution in [0, 0.1) is 0 Å². The topological polar surface area (TPSA) is 52.6 Å². The average Bonchev–Trinajstić information content (AvgIpc) is 2.24. The Balaban J connectivity index is 4.21. The van der Waals surface area contributed by atoms with Crippen molar-refractivity contribution in [3.05, 3.63) is 12.7 Å². The fourth-order valence-corrected chi connectivity index (χ4v) is 0.928. The van der Waals surface area contributed by atoms with Gasteiger partial charge in [-0.25, -0.2) is 0 Å². The Morgan fingerprint density at radius 1 is 1.20 bits per heavy atom. The summed E-state index contributed by atoms with van der Waals surface area (Å²) < 4.78 is 10.0. The standard InChI is InChI=1S/C11H18O4/c1-5-9(15-11(13)7-3)8(4)14-10(12)6-2/h5,8-9H,1,6-7H2,2-4H3. The molecule has 15 heavy (non-hydrogen) atoms. The summed E-state index contributed by atoms with van der Waals surface area (Å²) in [5.41, 5.74) is 0. The van der Waals surface area contributed by atoms with Gasteiger partial charge >= 0.3 is 11.9 Å². The number of rotatable bonds is 6. The van der Waals surface area contributed by atoms with Crippen LogP contribution in [0.5, 0.6) is 0 Å². The Kier molecular flexibility index (Phi) is 6.42. The molecule has 0 bridgehead atoms. The van der Waals surface area contributed by atoms with E-state index in [0.717, 1.165) is 0 Å². The molecule has 0 radical (unpaired) electrons. The molecule has 0 fully saturated rings. The fourth-order valence-electron chi connectivity index (χ4n) is 0.928. The molecule has 0 spiro atoms. The zero-order chi connectivity index (χ0) is 11.8. The first-order valence-electron chi connectivity index (χ1n) is 5.06. The van der Waals surface area contributed by atoms with Gasteiger partial charge in [0.05, 0.1) is 0 Å². The first kappa shape index (κ1) is 13.7. The Labute approximate surface area is 90.2 Å². The molecule has 0 amide bonds. The van der Waals surface area contributed by atoms with Crippen molar-refractivity contribution >= 4 is 11.9 Å². The molecule has 0 saturated heterocycles. The molecule has 2 atom stereocenters. The number of hydrogen-bond donors (Lipinski definition) is 0. The predicted octanol–water partition coefficient (Wildman–Crippen LogP) is 1.84. The summed E-state index contributed by atoms with van der Waals surface area (Å²) >= 11 is 0. The summed E-state index contributed by atoms with van der Waals surface area (Å²) in [5, 5.41) is 0. The molecular formula is C11H18O4. The SMILES string of the molecule is C=CC(OC(=O)CC)C(C)OC(=O)CC. The van der Waals surface area contributed by atoms with E-state index < -0.39 is 12.2 Å². The van der Waals surface area contributed by atoms with Gasteiger partial charge in [0.15, 0.2) is 6.10 Å². The number of ether oxygens (including phenoxy) is 2. The number of carbonyl (C=O) groups is 2. The maximum absolute atomic E-state index is 11.0. The molecular weight excluding hydrogens is 196 g/mol. The van der Waals surface area contributed by atoms with Crippen LogP contribution in [0.2, 0.25) is 0 Å². The molecule has 0 aromatic heterocycles. The highest BCUT2D eigenvalue weighted by molar-refractivity contribution is 5.70. The summed E-state index contributed by atoms with van der Waals surface area (Å²) in [7, 11) is 0. The summed E-state index contributed by atoms with van der Waals surface area (Å²) in [4.78, 5) is 22.0. The van der Waals surface area contributed by atoms with Crippen LogP contribution in [-0.4, -0.2) is 24.1 Å². The molecule has 0 saturated carbocycles. The van der Waals surface area contributed by atoms with Crippen LogP contribution in [0.1, 0.15) is 33.6 Å². The Hall–Kier alpha value is -1.32. The van der Waals surface area contributed by atoms with E-state index >= 15 is 0 Å². The van der Waals surface area contributed by atoms with Crippen molar-refractivity contribution in [3.8, 4) is 0 Å². The molecule has 2 unspecified atom stereocenters. The van der Waals surface area contributed by atoms with Crippen molar-refractivity contribution in [2.75, 3.05) is 0 Å². The molecule has 0 heterocycles. The Morgan fingerprint density at radius 3 is 2.07 bits per heavy atom. The van der Waals surface area contributed by atoms with Crippen molar-refractivity contribution in [2.24, 2.45) is 0 Å². The van der Waals surface area contributed by atoms with Crippen LogP contribution in [0.15, 0.2) is 12.7 Å². The molecule has 0 aromatic carbocycles. The molecule has 4 nitrogen and oxygen atoms in total. The van der Waals surface area contributed by atoms with Crippen LogP contribution < -0.4 is 0 Å². The average molecular weight is 214 g/mol. The number of carbonyl (C=O) groups excluding carboxylic acids is 2. The van der Waals surface area contributed by atoms with Gasteiger partial charge in [-0.15, -0.1) is 0 Å². The van der Waals surface area contributed by atoms with Crippen LogP contribution in [-0.2, 0) is 19.1 Å². The third kappa shape index (κ3) is 5.20. The highest BCUT2D eigenvalue weighted by atomic mass is 16.6. The van der Waals surface area contributed by atoms with Gasteiger partial charge in [-0.2, -0.15) is 0 Å². The fraction of sp³-hybridized carbons (Fsp3) is 0.636. The summed E-state index contributed by atoms with van der Waals surface area (Å²) in [6.07, 6.45) is 0.981. The molecule has 0 N–H and O–H groups in total. The second-order valence-corrected chi connectivity index (χ2v) is 3.09. The zero-order valence-electron chi connectivity index (χ0n) is 9.49. The van der Waals surface area contributed by atoms with Crippen molar-refractivity contribution < 1.29 is 19.1 Å². The van der Waals surface area contributed by atoms with Gasteiger partial charge in [-0.05, 0) is 13.0 Å². The summed E-state index contributed by atoms with van der Waals surface area (Å²) in [5.74, 6) is -0.652. The number of hydrogen-bond acceptors (Lipinski definition) is 4. The molecule has 0 aliphatic carbocycles. The van der Waals surface area contributed by atoms with E-state index in [-0.39, 0.29) is 11.9 Å². The summed E-state index contributed by atoms with van der Waals surface area (Å²) in [6, 6.07) is 0. The first-order chi connectivity index (χ1) is 7.04. The van der Waals surface area contributed by atoms with Gasteiger partial charge in [0.25, 0.3) is 0 Å². The molecule has 4 heteroatoms. The highest BCUT2D eigenvalue weighted by Crippen LogP contribution is 2.07. The minimum absolute atomic E-state index is 0.290. The maximum Gasteiger partial charge on any atom is 0.306 e. The van der Waals surface area contributed by atoms with Crippen molar-refractivity contribution in [1.29, 1.82) is 0 Å². The third-order valence-electron chi connectivity index (χ3n) is 1.86. The van der Waals surface area contributed by atoms with Gasteiger partial charge in [0, 0.05) is 12.8 Å². The molecule has 0 rings (SSSR count). The molecule has 0 aliphatic heterocycles. The highest BCUT2D eigenvalue weighted by Gasteiger charge is 2.20. The first-order valence-corrected chi connectivity index (χ1v) is 5.06. The minimum Gasteiger partial charge on any atom is -0.458 e. The van der Waals surface area contributed by atoms with E-state index in [0.29, 0.717) is 12.8 Å². The van der Waals surface area contributed by atoms with Crippen LogP contribution in [0.25, 0.3) is 0 Å². The van der Waals surface area contributed by atoms with Crippen LogP contribution in [0.4, 0.5) is 0 Å². The molecule has 0 aromatic rings. The molecule has 86 valence electrons. The predicted molar refractivity (Wildman–Crippen MR) is 56.2 cm³/mol. The minimum atomic E-state index is -0.576. The summed E-state index contributed by atoms with van der Waals surface area (Å²) in [6.45, 7) is 8.61. The maximum atomic E-state index is 11.0. The lowest BCUT2D eigenvalue weighted by Crippen LogP contribution is -2.31. The van der Waals surface area contributed by atoms with E-state index in [1.165, 1.54) is 6.08 Å².